The van der Waals surface area contributed by atoms with E-state index in [1.807, 2.05) is 18.3 Å². The zero-order valence-electron chi connectivity index (χ0n) is 43.5. The normalized spacial score (nSPS) is 12.2. The quantitative estimate of drug-likeness (QED) is 0.0957. The van der Waals surface area contributed by atoms with Crippen LogP contribution in [0.4, 0.5) is 0 Å². The first-order valence-electron chi connectivity index (χ1n) is 25.7. The second kappa shape index (κ2) is 19.1. The molecular formula is C65H63N5OPt. The number of benzene rings is 6. The summed E-state index contributed by atoms with van der Waals surface area (Å²) >= 11 is 0. The van der Waals surface area contributed by atoms with Crippen LogP contribution in [0.3, 0.4) is 0 Å². The van der Waals surface area contributed by atoms with E-state index in [4.69, 9.17) is 19.7 Å². The van der Waals surface area contributed by atoms with Gasteiger partial charge in [-0.05, 0) is 91.8 Å². The Bertz CT molecular complexity index is 3810. The van der Waals surface area contributed by atoms with E-state index in [-0.39, 0.29) is 21.1 Å². The molecule has 0 aliphatic heterocycles. The van der Waals surface area contributed by atoms with Gasteiger partial charge in [0.25, 0.3) is 0 Å². The minimum Gasteiger partial charge on any atom is -0.497 e. The number of imidazole rings is 2. The Morgan fingerprint density at radius 2 is 0.792 bits per heavy atom. The van der Waals surface area contributed by atoms with Crippen LogP contribution in [-0.2, 0) is 21.1 Å². The Kier molecular flexibility index (Phi) is 13.0. The summed E-state index contributed by atoms with van der Waals surface area (Å²) in [5.41, 5.74) is 18.2. The van der Waals surface area contributed by atoms with Crippen molar-refractivity contribution in [3.63, 3.8) is 0 Å². The molecular weight excluding hydrogens is 1060 g/mol. The molecule has 0 radical (unpaired) electrons. The number of hydrogen-bond donors (Lipinski definition) is 0. The number of fused-ring (bicyclic) bond motifs is 12. The summed E-state index contributed by atoms with van der Waals surface area (Å²) in [4.78, 5) is 16.2. The second-order valence-electron chi connectivity index (χ2n) is 21.4. The van der Waals surface area contributed by atoms with Gasteiger partial charge in [-0.1, -0.05) is 208 Å². The smallest absolute Gasteiger partial charge is 0.497 e. The molecule has 0 N–H and O–H groups in total. The van der Waals surface area contributed by atoms with Crippen molar-refractivity contribution in [2.24, 2.45) is 0 Å². The molecule has 11 rings (SSSR count). The van der Waals surface area contributed by atoms with Gasteiger partial charge in [-0.3, -0.25) is 9.97 Å². The molecule has 0 atom stereocenters. The van der Waals surface area contributed by atoms with Gasteiger partial charge in [0.2, 0.25) is 0 Å². The maximum Gasteiger partial charge on any atom is 2.00 e. The Hall–Kier alpha value is -6.62. The molecule has 0 bridgehead atoms. The summed E-state index contributed by atoms with van der Waals surface area (Å²) in [6, 6.07) is 49.1. The van der Waals surface area contributed by atoms with E-state index in [9.17, 15) is 0 Å². The first kappa shape index (κ1) is 49.0. The van der Waals surface area contributed by atoms with E-state index in [1.54, 1.807) is 0 Å². The predicted molar refractivity (Wildman–Crippen MR) is 297 cm³/mol. The van der Waals surface area contributed by atoms with Gasteiger partial charge < -0.3 is 13.5 Å². The van der Waals surface area contributed by atoms with Crippen molar-refractivity contribution in [2.45, 2.75) is 119 Å². The summed E-state index contributed by atoms with van der Waals surface area (Å²) in [5, 5.41) is 6.02. The maximum absolute atomic E-state index is 6.85. The average Bonchev–Trinajstić information content (AvgIpc) is 4.02. The van der Waals surface area contributed by atoms with Gasteiger partial charge in [-0.25, -0.2) is 4.98 Å². The minimum absolute atomic E-state index is 0. The molecule has 7 heteroatoms. The van der Waals surface area contributed by atoms with Crippen molar-refractivity contribution in [3.8, 4) is 45.3 Å². The molecule has 0 saturated carbocycles. The number of para-hydroxylation sites is 1. The first-order valence-corrected chi connectivity index (χ1v) is 25.7. The van der Waals surface area contributed by atoms with E-state index in [2.05, 4.69) is 213 Å². The number of aromatic nitrogens is 5. The fourth-order valence-electron chi connectivity index (χ4n) is 11.3. The topological polar surface area (TPSA) is 56.7 Å². The summed E-state index contributed by atoms with van der Waals surface area (Å²) in [7, 11) is 0. The van der Waals surface area contributed by atoms with Crippen LogP contribution in [0.15, 0.2) is 128 Å². The minimum atomic E-state index is 0. The third-order valence-corrected chi connectivity index (χ3v) is 14.7. The standard InChI is InChI=1S/C65H63N5O.Pt/c1-36(2)44-19-15-20-45(37(3)4)60(44)56-31-30-53-51-29-27-43(33-55(51)64-67-35-59(70(64)65(53)68-56)62-48(40(9)10)23-17-24-49(62)41(11)12)71-42-26-28-50-52-18-13-14-25-57(52)69-58(34-66-63(69)54(50)32-42)61-46(38(5)6)21-16-22-47(61)39(7)8;/h13-31,34-41H,1-12H3;/q-2;+2. The van der Waals surface area contributed by atoms with E-state index in [0.717, 1.165) is 71.9 Å². The van der Waals surface area contributed by atoms with Gasteiger partial charge in [0.1, 0.15) is 5.65 Å². The number of hydrogen-bond acceptors (Lipinski definition) is 4. The molecule has 364 valence electrons. The Morgan fingerprint density at radius 1 is 0.389 bits per heavy atom. The molecule has 0 saturated heterocycles. The maximum atomic E-state index is 6.85. The number of nitrogens with zero attached hydrogens (tertiary/aromatic N) is 5. The van der Waals surface area contributed by atoms with Crippen molar-refractivity contribution < 1.29 is 25.8 Å². The largest absolute Gasteiger partial charge is 2.00 e. The summed E-state index contributed by atoms with van der Waals surface area (Å²) in [6.45, 7) is 27.3. The molecule has 0 unspecified atom stereocenters. The van der Waals surface area contributed by atoms with Crippen LogP contribution in [0.2, 0.25) is 0 Å². The monoisotopic (exact) mass is 1120 g/mol. The van der Waals surface area contributed by atoms with Crippen LogP contribution in [0.5, 0.6) is 11.5 Å². The first-order chi connectivity index (χ1) is 34.2. The number of rotatable bonds is 11. The van der Waals surface area contributed by atoms with Gasteiger partial charge in [-0.2, -0.15) is 0 Å². The third kappa shape index (κ3) is 8.02. The number of pyridine rings is 3. The van der Waals surface area contributed by atoms with Crippen LogP contribution in [-0.4, -0.2) is 23.8 Å². The SMILES string of the molecule is CC(C)c1cccc(C(C)C)c1-c1ccc2c3ccc(Oc4[c-]c5c(cc4)c4ccccc4n4c(-c6c(C(C)C)cccc6C(C)C)cnc54)[c-]c3c3ncc(-c4c(C(C)C)cccc4C(C)C)n3c2n1.[Pt+2]. The van der Waals surface area contributed by atoms with Crippen LogP contribution in [0.1, 0.15) is 152 Å². The molecule has 0 amide bonds. The van der Waals surface area contributed by atoms with E-state index in [0.29, 0.717) is 47.0 Å². The van der Waals surface area contributed by atoms with Gasteiger partial charge in [0, 0.05) is 46.1 Å². The molecule has 5 aromatic heterocycles. The fourth-order valence-corrected chi connectivity index (χ4v) is 11.3. The second-order valence-corrected chi connectivity index (χ2v) is 21.4. The Balaban J connectivity index is 0.00000596. The van der Waals surface area contributed by atoms with E-state index < -0.39 is 0 Å². The third-order valence-electron chi connectivity index (χ3n) is 14.7. The van der Waals surface area contributed by atoms with Crippen LogP contribution < -0.4 is 4.74 Å². The molecule has 6 nitrogen and oxygen atoms in total. The van der Waals surface area contributed by atoms with Crippen molar-refractivity contribution in [1.29, 1.82) is 0 Å². The molecule has 6 aromatic carbocycles. The van der Waals surface area contributed by atoms with Crippen LogP contribution >= 0.6 is 0 Å². The molecule has 11 aromatic rings. The van der Waals surface area contributed by atoms with Crippen molar-refractivity contribution >= 4 is 54.8 Å². The van der Waals surface area contributed by atoms with Crippen LogP contribution in [0, 0.1) is 12.1 Å². The van der Waals surface area contributed by atoms with E-state index in [1.165, 1.54) is 50.1 Å². The van der Waals surface area contributed by atoms with Crippen molar-refractivity contribution in [2.75, 3.05) is 0 Å². The summed E-state index contributed by atoms with van der Waals surface area (Å²) in [6.07, 6.45) is 4.10. The van der Waals surface area contributed by atoms with Gasteiger partial charge in [0.05, 0.1) is 28.4 Å². The zero-order valence-corrected chi connectivity index (χ0v) is 45.8. The Morgan fingerprint density at radius 3 is 1.26 bits per heavy atom. The van der Waals surface area contributed by atoms with E-state index >= 15 is 0 Å². The van der Waals surface area contributed by atoms with Crippen molar-refractivity contribution in [1.82, 2.24) is 23.8 Å². The van der Waals surface area contributed by atoms with Crippen molar-refractivity contribution in [3.05, 3.63) is 173 Å². The van der Waals surface area contributed by atoms with Gasteiger partial charge >= 0.3 is 21.1 Å². The van der Waals surface area contributed by atoms with Crippen LogP contribution in [0.25, 0.3) is 88.5 Å². The zero-order chi connectivity index (χ0) is 49.6. The Labute approximate surface area is 438 Å². The van der Waals surface area contributed by atoms with Gasteiger partial charge in [-0.15, -0.1) is 12.1 Å². The fraction of sp³-hybridized carbons (Fsp3) is 0.277. The predicted octanol–water partition coefficient (Wildman–Crippen LogP) is 18.1. The average molecular weight is 1130 g/mol. The summed E-state index contributed by atoms with van der Waals surface area (Å²) in [5.74, 6) is 3.09. The molecule has 0 aliphatic carbocycles. The van der Waals surface area contributed by atoms with Gasteiger partial charge in [0.15, 0.2) is 0 Å². The molecule has 72 heavy (non-hydrogen) atoms. The summed E-state index contributed by atoms with van der Waals surface area (Å²) < 4.78 is 11.5. The molecule has 5 heterocycles. The molecule has 0 fully saturated rings. The molecule has 0 aliphatic rings. The number of ether oxygens (including phenoxy) is 1. The molecule has 0 spiro atoms.